The molecule has 0 bridgehead atoms. The zero-order valence-electron chi connectivity index (χ0n) is 12.7. The summed E-state index contributed by atoms with van der Waals surface area (Å²) >= 11 is 5.63. The van der Waals surface area contributed by atoms with Crippen molar-refractivity contribution in [2.75, 3.05) is 4.72 Å². The van der Waals surface area contributed by atoms with Gasteiger partial charge in [0.1, 0.15) is 5.82 Å². The monoisotopic (exact) mass is 404 g/mol. The Hall–Kier alpha value is -1.68. The third-order valence-corrected chi connectivity index (χ3v) is 6.68. The molecule has 25 heavy (non-hydrogen) atoms. The van der Waals surface area contributed by atoms with Crippen molar-refractivity contribution in [1.29, 1.82) is 0 Å². The number of sulfonamides is 2. The molecule has 0 radical (unpaired) electrons. The van der Waals surface area contributed by atoms with Gasteiger partial charge in [-0.2, -0.15) is 0 Å². The molecule has 0 aliphatic heterocycles. The van der Waals surface area contributed by atoms with Gasteiger partial charge in [0.15, 0.2) is 0 Å². The second-order valence-corrected chi connectivity index (χ2v) is 9.41. The SMILES string of the molecule is O=S(=O)(Nc1ccc(F)c(Cl)c1)c1cccc(S(=O)(=O)NC2CC2)c1. The van der Waals surface area contributed by atoms with Gasteiger partial charge in [-0.05, 0) is 49.2 Å². The van der Waals surface area contributed by atoms with E-state index in [9.17, 15) is 21.2 Å². The van der Waals surface area contributed by atoms with Crippen molar-refractivity contribution in [3.05, 3.63) is 53.3 Å². The van der Waals surface area contributed by atoms with Crippen LogP contribution in [-0.2, 0) is 20.0 Å². The van der Waals surface area contributed by atoms with Gasteiger partial charge in [-0.15, -0.1) is 0 Å². The van der Waals surface area contributed by atoms with E-state index >= 15 is 0 Å². The number of rotatable bonds is 6. The minimum absolute atomic E-state index is 0.0655. The Morgan fingerprint density at radius 1 is 0.960 bits per heavy atom. The maximum atomic E-state index is 13.2. The summed E-state index contributed by atoms with van der Waals surface area (Å²) < 4.78 is 67.2. The van der Waals surface area contributed by atoms with E-state index in [-0.39, 0.29) is 26.5 Å². The Morgan fingerprint density at radius 3 is 2.20 bits per heavy atom. The molecule has 0 heterocycles. The van der Waals surface area contributed by atoms with Crippen LogP contribution >= 0.6 is 11.6 Å². The molecular weight excluding hydrogens is 391 g/mol. The molecule has 2 N–H and O–H groups in total. The van der Waals surface area contributed by atoms with Crippen molar-refractivity contribution in [1.82, 2.24) is 4.72 Å². The van der Waals surface area contributed by atoms with Gasteiger partial charge in [-0.1, -0.05) is 17.7 Å². The van der Waals surface area contributed by atoms with Crippen LogP contribution in [0, 0.1) is 5.82 Å². The highest BCUT2D eigenvalue weighted by atomic mass is 35.5. The summed E-state index contributed by atoms with van der Waals surface area (Å²) in [5.74, 6) is -0.677. The average molecular weight is 405 g/mol. The van der Waals surface area contributed by atoms with Crippen LogP contribution in [0.15, 0.2) is 52.3 Å². The zero-order chi connectivity index (χ0) is 18.2. The topological polar surface area (TPSA) is 92.3 Å². The van der Waals surface area contributed by atoms with Gasteiger partial charge in [0.25, 0.3) is 10.0 Å². The van der Waals surface area contributed by atoms with Crippen LogP contribution in [0.4, 0.5) is 10.1 Å². The summed E-state index contributed by atoms with van der Waals surface area (Å²) in [5, 5.41) is -0.231. The lowest BCUT2D eigenvalue weighted by molar-refractivity contribution is 0.580. The molecule has 0 atom stereocenters. The summed E-state index contributed by atoms with van der Waals surface area (Å²) in [6.07, 6.45) is 1.54. The van der Waals surface area contributed by atoms with Crippen LogP contribution in [-0.4, -0.2) is 22.9 Å². The first-order chi connectivity index (χ1) is 11.7. The van der Waals surface area contributed by atoms with Crippen LogP contribution in [0.5, 0.6) is 0 Å². The van der Waals surface area contributed by atoms with E-state index in [2.05, 4.69) is 9.44 Å². The van der Waals surface area contributed by atoms with Gasteiger partial charge in [-0.3, -0.25) is 4.72 Å². The second kappa shape index (κ2) is 6.56. The van der Waals surface area contributed by atoms with Gasteiger partial charge in [-0.25, -0.2) is 25.9 Å². The molecule has 1 fully saturated rings. The number of benzene rings is 2. The summed E-state index contributed by atoms with van der Waals surface area (Å²) in [6.45, 7) is 0. The lowest BCUT2D eigenvalue weighted by Crippen LogP contribution is -2.26. The quantitative estimate of drug-likeness (QED) is 0.774. The molecule has 3 rings (SSSR count). The highest BCUT2D eigenvalue weighted by Crippen LogP contribution is 2.25. The van der Waals surface area contributed by atoms with Crippen LogP contribution in [0.3, 0.4) is 0 Å². The van der Waals surface area contributed by atoms with Gasteiger partial charge in [0, 0.05) is 6.04 Å². The summed E-state index contributed by atoms with van der Waals surface area (Å²) in [6, 6.07) is 8.27. The summed E-state index contributed by atoms with van der Waals surface area (Å²) in [7, 11) is -7.84. The molecule has 2 aromatic rings. The Morgan fingerprint density at radius 2 is 1.60 bits per heavy atom. The third-order valence-electron chi connectivity index (χ3n) is 3.50. The van der Waals surface area contributed by atoms with Gasteiger partial charge < -0.3 is 0 Å². The maximum Gasteiger partial charge on any atom is 0.261 e. The predicted molar refractivity (Wildman–Crippen MR) is 92.0 cm³/mol. The highest BCUT2D eigenvalue weighted by Gasteiger charge is 2.28. The molecule has 10 heteroatoms. The molecule has 0 unspecified atom stereocenters. The third kappa shape index (κ3) is 4.30. The van der Waals surface area contributed by atoms with Crippen LogP contribution in [0.25, 0.3) is 0 Å². The van der Waals surface area contributed by atoms with E-state index in [1.54, 1.807) is 0 Å². The molecular formula is C15H14ClFN2O4S2. The van der Waals surface area contributed by atoms with E-state index in [4.69, 9.17) is 11.6 Å². The number of hydrogen-bond acceptors (Lipinski definition) is 4. The molecule has 0 amide bonds. The average Bonchev–Trinajstić information content (AvgIpc) is 3.34. The smallest absolute Gasteiger partial charge is 0.261 e. The molecule has 1 aliphatic rings. The van der Waals surface area contributed by atoms with E-state index in [0.717, 1.165) is 31.0 Å². The lowest BCUT2D eigenvalue weighted by Gasteiger charge is -2.10. The molecule has 1 saturated carbocycles. The van der Waals surface area contributed by atoms with E-state index in [0.29, 0.717) is 0 Å². The molecule has 2 aromatic carbocycles. The standard InChI is InChI=1S/C15H14ClFN2O4S2/c16-14-8-11(6-7-15(14)17)19-25(22,23)13-3-1-2-12(9-13)24(20,21)18-10-4-5-10/h1-3,6-10,18-19H,4-5H2. The summed E-state index contributed by atoms with van der Waals surface area (Å²) in [5.41, 5.74) is 0.0655. The van der Waals surface area contributed by atoms with E-state index in [1.165, 1.54) is 24.3 Å². The van der Waals surface area contributed by atoms with E-state index in [1.807, 2.05) is 0 Å². The number of anilines is 1. The molecule has 0 spiro atoms. The largest absolute Gasteiger partial charge is 0.280 e. The normalized spacial score (nSPS) is 15.1. The highest BCUT2D eigenvalue weighted by molar-refractivity contribution is 7.93. The first-order valence-corrected chi connectivity index (χ1v) is 10.6. The Labute approximate surface area is 150 Å². The van der Waals surface area contributed by atoms with Gasteiger partial charge >= 0.3 is 0 Å². The van der Waals surface area contributed by atoms with Crippen LogP contribution in [0.1, 0.15) is 12.8 Å². The predicted octanol–water partition coefficient (Wildman–Crippen LogP) is 2.72. The first kappa shape index (κ1) is 18.1. The first-order valence-electron chi connectivity index (χ1n) is 7.28. The van der Waals surface area contributed by atoms with Crippen molar-refractivity contribution >= 4 is 37.3 Å². The second-order valence-electron chi connectivity index (χ2n) is 5.60. The van der Waals surface area contributed by atoms with Gasteiger partial charge in [0.2, 0.25) is 10.0 Å². The Bertz CT molecular complexity index is 1020. The van der Waals surface area contributed by atoms with Crippen molar-refractivity contribution in [2.45, 2.75) is 28.7 Å². The van der Waals surface area contributed by atoms with Gasteiger partial charge in [0.05, 0.1) is 20.5 Å². The fourth-order valence-corrected chi connectivity index (χ4v) is 4.77. The van der Waals surface area contributed by atoms with Crippen molar-refractivity contribution in [2.24, 2.45) is 0 Å². The van der Waals surface area contributed by atoms with Crippen LogP contribution < -0.4 is 9.44 Å². The van der Waals surface area contributed by atoms with Crippen LogP contribution in [0.2, 0.25) is 5.02 Å². The Kier molecular flexibility index (Phi) is 4.76. The lowest BCUT2D eigenvalue weighted by atomic mass is 10.3. The Balaban J connectivity index is 1.89. The molecule has 134 valence electrons. The fourth-order valence-electron chi connectivity index (χ4n) is 2.07. The minimum Gasteiger partial charge on any atom is -0.280 e. The number of hydrogen-bond donors (Lipinski definition) is 2. The maximum absolute atomic E-state index is 13.2. The zero-order valence-corrected chi connectivity index (χ0v) is 15.1. The van der Waals surface area contributed by atoms with Crippen molar-refractivity contribution in [3.63, 3.8) is 0 Å². The summed E-state index contributed by atoms with van der Waals surface area (Å²) in [4.78, 5) is -0.369. The fraction of sp³-hybridized carbons (Fsp3) is 0.200. The van der Waals surface area contributed by atoms with E-state index < -0.39 is 25.9 Å². The van der Waals surface area contributed by atoms with Crippen molar-refractivity contribution < 1.29 is 21.2 Å². The number of halogens is 2. The molecule has 6 nitrogen and oxygen atoms in total. The molecule has 1 aliphatic carbocycles. The van der Waals surface area contributed by atoms with Crippen molar-refractivity contribution in [3.8, 4) is 0 Å². The molecule has 0 saturated heterocycles. The minimum atomic E-state index is -4.06. The molecule has 0 aromatic heterocycles. The number of nitrogens with one attached hydrogen (secondary N) is 2.